The normalized spacial score (nSPS) is 12.6. The van der Waals surface area contributed by atoms with Gasteiger partial charge in [-0.1, -0.05) is 181 Å². The predicted molar refractivity (Wildman–Crippen MR) is 301 cm³/mol. The Morgan fingerprint density at radius 3 is 1.62 bits per heavy atom. The first-order valence-electron chi connectivity index (χ1n) is 25.4. The molecule has 0 radical (unpaired) electrons. The second kappa shape index (κ2) is 17.6. The third kappa shape index (κ3) is 8.54. The molecule has 0 unspecified atom stereocenters. The second-order valence-corrected chi connectivity index (χ2v) is 23.4. The molecular weight excluding hydrogens is 865 g/mol. The molecule has 3 aromatic heterocycles. The van der Waals surface area contributed by atoms with E-state index in [0.717, 1.165) is 78.4 Å². The summed E-state index contributed by atoms with van der Waals surface area (Å²) in [5.74, 6) is 1.26. The smallest absolute Gasteiger partial charge is 0.149 e. The first-order valence-corrected chi connectivity index (χ1v) is 25.4. The molecule has 1 N–H and O–H groups in total. The summed E-state index contributed by atoms with van der Waals surface area (Å²) in [6.45, 7) is 29.4. The van der Waals surface area contributed by atoms with Gasteiger partial charge in [-0.2, -0.15) is 0 Å². The molecular formula is C66H68N4O. The van der Waals surface area contributed by atoms with Crippen LogP contribution in [0.4, 0.5) is 0 Å². The highest BCUT2D eigenvalue weighted by Crippen LogP contribution is 2.47. The molecule has 10 rings (SSSR count). The lowest BCUT2D eigenvalue weighted by Gasteiger charge is -2.28. The lowest BCUT2D eigenvalue weighted by Crippen LogP contribution is -2.17. The van der Waals surface area contributed by atoms with Crippen molar-refractivity contribution in [2.24, 2.45) is 0 Å². The molecule has 0 saturated heterocycles. The zero-order valence-electron chi connectivity index (χ0n) is 43.9. The van der Waals surface area contributed by atoms with Crippen LogP contribution in [0.2, 0.25) is 0 Å². The van der Waals surface area contributed by atoms with Gasteiger partial charge in [-0.3, -0.25) is 9.55 Å². The van der Waals surface area contributed by atoms with Crippen LogP contribution in [0.15, 0.2) is 158 Å². The minimum absolute atomic E-state index is 0.133. The van der Waals surface area contributed by atoms with Crippen LogP contribution in [-0.2, 0) is 16.2 Å². The maximum Gasteiger partial charge on any atom is 0.149 e. The van der Waals surface area contributed by atoms with E-state index in [1.165, 1.54) is 38.5 Å². The van der Waals surface area contributed by atoms with Gasteiger partial charge in [0.1, 0.15) is 11.6 Å². The number of para-hydroxylation sites is 3. The van der Waals surface area contributed by atoms with Crippen molar-refractivity contribution in [3.63, 3.8) is 0 Å². The van der Waals surface area contributed by atoms with E-state index in [4.69, 9.17) is 9.97 Å². The number of aromatic nitrogens is 4. The van der Waals surface area contributed by atoms with Gasteiger partial charge in [0, 0.05) is 39.3 Å². The fourth-order valence-electron chi connectivity index (χ4n) is 10.4. The number of hydrogen-bond donors (Lipinski definition) is 1. The lowest BCUT2D eigenvalue weighted by atomic mass is 9.78. The molecule has 7 aromatic carbocycles. The summed E-state index contributed by atoms with van der Waals surface area (Å²) in [5, 5.41) is 15.3. The van der Waals surface area contributed by atoms with Crippen molar-refractivity contribution in [1.82, 2.24) is 19.1 Å². The lowest BCUT2D eigenvalue weighted by molar-refractivity contribution is 0.446. The highest BCUT2D eigenvalue weighted by atomic mass is 16.3. The Bertz CT molecular complexity index is 3570. The predicted octanol–water partition coefficient (Wildman–Crippen LogP) is 18.0. The van der Waals surface area contributed by atoms with Gasteiger partial charge >= 0.3 is 0 Å². The Balaban J connectivity index is 1.31. The largest absolute Gasteiger partial charge is 0.507 e. The van der Waals surface area contributed by atoms with E-state index in [9.17, 15) is 5.11 Å². The molecule has 3 heterocycles. The molecule has 5 heteroatoms. The molecule has 10 aromatic rings. The van der Waals surface area contributed by atoms with Crippen LogP contribution in [0.1, 0.15) is 130 Å². The molecule has 0 bridgehead atoms. The van der Waals surface area contributed by atoms with Crippen molar-refractivity contribution in [2.75, 3.05) is 0 Å². The molecule has 0 saturated carbocycles. The molecule has 0 aliphatic heterocycles. The monoisotopic (exact) mass is 933 g/mol. The van der Waals surface area contributed by atoms with Crippen LogP contribution in [-0.4, -0.2) is 24.2 Å². The number of nitrogens with zero attached hydrogens (tertiary/aromatic N) is 4. The summed E-state index contributed by atoms with van der Waals surface area (Å²) in [6.07, 6.45) is 1.92. The Hall–Kier alpha value is -7.24. The number of hydrogen-bond acceptors (Lipinski definition) is 3. The number of aromatic hydroxyl groups is 1. The summed E-state index contributed by atoms with van der Waals surface area (Å²) < 4.78 is 4.84. The van der Waals surface area contributed by atoms with Gasteiger partial charge in [-0.25, -0.2) is 4.98 Å². The van der Waals surface area contributed by atoms with E-state index < -0.39 is 0 Å². The molecule has 0 spiro atoms. The topological polar surface area (TPSA) is 55.9 Å². The van der Waals surface area contributed by atoms with E-state index in [0.29, 0.717) is 0 Å². The van der Waals surface area contributed by atoms with Crippen LogP contribution < -0.4 is 0 Å². The van der Waals surface area contributed by atoms with Gasteiger partial charge in [0.05, 0.1) is 39.0 Å². The van der Waals surface area contributed by atoms with Crippen molar-refractivity contribution in [2.45, 2.75) is 118 Å². The SMILES string of the molecule is CC(C)c1cc(-n2c3ccccc3c3ccccc32)cc(C(C)C)c1-n1c(-c2cc(C(C)(C)C)cc(C(C)(C)C)c2O)nc2c(-c3cc(-c4cc(-c5ccccc5)ccn4)cc(C(C)(C)C)c3)cccc21. The molecule has 0 amide bonds. The molecule has 0 fully saturated rings. The van der Waals surface area contributed by atoms with E-state index >= 15 is 0 Å². The molecule has 0 aliphatic carbocycles. The minimum Gasteiger partial charge on any atom is -0.507 e. The van der Waals surface area contributed by atoms with Gasteiger partial charge in [0.15, 0.2) is 0 Å². The summed E-state index contributed by atoms with van der Waals surface area (Å²) in [6, 6.07) is 55.1. The van der Waals surface area contributed by atoms with Crippen LogP contribution in [0, 0.1) is 0 Å². The van der Waals surface area contributed by atoms with Crippen LogP contribution in [0.25, 0.3) is 89.1 Å². The fourth-order valence-corrected chi connectivity index (χ4v) is 10.4. The van der Waals surface area contributed by atoms with E-state index in [-0.39, 0.29) is 33.8 Å². The van der Waals surface area contributed by atoms with Crippen molar-refractivity contribution >= 4 is 32.8 Å². The number of imidazole rings is 1. The van der Waals surface area contributed by atoms with Crippen LogP contribution in [0.3, 0.4) is 0 Å². The standard InChI is InChI=1S/C66H68N4O/c1-40(2)52-38-48(69-57-27-19-17-24-50(57)51-25-18-20-28-58(51)69)39-53(41(3)4)61(52)70-59-29-21-26-49(60(59)68-63(70)54-36-47(65(8,9)10)37-55(62(54)71)66(11,12)13)44-32-45(34-46(33-44)64(5,6)7)56-35-43(30-31-67-56)42-22-15-14-16-23-42/h14-41,71H,1-13H3. The van der Waals surface area contributed by atoms with Crippen LogP contribution in [0.5, 0.6) is 5.75 Å². The minimum atomic E-state index is -0.339. The van der Waals surface area contributed by atoms with Gasteiger partial charge in [0.2, 0.25) is 0 Å². The second-order valence-electron chi connectivity index (χ2n) is 23.4. The van der Waals surface area contributed by atoms with Gasteiger partial charge in [-0.15, -0.1) is 0 Å². The van der Waals surface area contributed by atoms with Gasteiger partial charge < -0.3 is 9.67 Å². The highest BCUT2D eigenvalue weighted by Gasteiger charge is 2.31. The fraction of sp³-hybridized carbons (Fsp3) is 0.273. The average Bonchev–Trinajstić information content (AvgIpc) is 3.89. The van der Waals surface area contributed by atoms with Crippen LogP contribution >= 0.6 is 0 Å². The molecule has 358 valence electrons. The zero-order chi connectivity index (χ0) is 50.3. The van der Waals surface area contributed by atoms with Crippen molar-refractivity contribution < 1.29 is 5.11 Å². The highest BCUT2D eigenvalue weighted by molar-refractivity contribution is 6.09. The van der Waals surface area contributed by atoms with E-state index in [1.54, 1.807) is 0 Å². The summed E-state index contributed by atoms with van der Waals surface area (Å²) in [4.78, 5) is 10.8. The average molecular weight is 933 g/mol. The Morgan fingerprint density at radius 2 is 1.03 bits per heavy atom. The quantitative estimate of drug-likeness (QED) is 0.165. The maximum absolute atomic E-state index is 12.8. The molecule has 71 heavy (non-hydrogen) atoms. The zero-order valence-corrected chi connectivity index (χ0v) is 43.9. The maximum atomic E-state index is 12.8. The Kier molecular flexibility index (Phi) is 11.7. The number of benzene rings is 7. The van der Waals surface area contributed by atoms with Crippen molar-refractivity contribution in [3.05, 3.63) is 186 Å². The number of phenols is 1. The molecule has 5 nitrogen and oxygen atoms in total. The number of rotatable bonds is 8. The summed E-state index contributed by atoms with van der Waals surface area (Å²) in [5.41, 5.74) is 18.5. The van der Waals surface area contributed by atoms with Gasteiger partial charge in [0.25, 0.3) is 0 Å². The van der Waals surface area contributed by atoms with Crippen molar-refractivity contribution in [1.29, 1.82) is 0 Å². The molecule has 0 aliphatic rings. The van der Waals surface area contributed by atoms with E-state index in [1.807, 2.05) is 6.20 Å². The number of pyridine rings is 1. The first kappa shape index (κ1) is 47.4. The summed E-state index contributed by atoms with van der Waals surface area (Å²) in [7, 11) is 0. The Morgan fingerprint density at radius 1 is 0.465 bits per heavy atom. The van der Waals surface area contributed by atoms with Crippen molar-refractivity contribution in [3.8, 4) is 62.0 Å². The summed E-state index contributed by atoms with van der Waals surface area (Å²) >= 11 is 0. The molecule has 0 atom stereocenters. The first-order chi connectivity index (χ1) is 33.7. The van der Waals surface area contributed by atoms with Gasteiger partial charge in [-0.05, 0) is 128 Å². The Labute approximate surface area is 420 Å². The third-order valence-electron chi connectivity index (χ3n) is 14.4. The third-order valence-corrected chi connectivity index (χ3v) is 14.4. The number of fused-ring (bicyclic) bond motifs is 4. The van der Waals surface area contributed by atoms with E-state index in [2.05, 4.69) is 251 Å². The number of phenolic OH excluding ortho intramolecular Hbond substituents is 1.